The number of aromatic nitrogens is 1. The molecule has 0 saturated carbocycles. The fraction of sp³-hybridized carbons (Fsp3) is 0.312. The van der Waals surface area contributed by atoms with Crippen molar-refractivity contribution in [3.63, 3.8) is 0 Å². The van der Waals surface area contributed by atoms with E-state index in [0.717, 1.165) is 18.7 Å². The standard InChI is InChI=1S/C16H21N3O/c1-12(19-11-14-4-3-7-18-10-14)8-13-5-6-16(20-2)15(17)9-13/h3-7,9-10,12,19H,8,11,17H2,1-2H3. The molecule has 1 heterocycles. The quantitative estimate of drug-likeness (QED) is 0.792. The molecule has 106 valence electrons. The molecule has 0 fully saturated rings. The molecule has 0 spiro atoms. The molecule has 0 radical (unpaired) electrons. The smallest absolute Gasteiger partial charge is 0.141 e. The summed E-state index contributed by atoms with van der Waals surface area (Å²) in [5.74, 6) is 0.727. The van der Waals surface area contributed by atoms with Crippen molar-refractivity contribution in [2.45, 2.75) is 25.9 Å². The predicted octanol–water partition coefficient (Wildman–Crippen LogP) is 2.39. The van der Waals surface area contributed by atoms with E-state index in [-0.39, 0.29) is 0 Å². The lowest BCUT2D eigenvalue weighted by molar-refractivity contribution is 0.416. The second-order valence-corrected chi connectivity index (χ2v) is 4.92. The Kier molecular flexibility index (Phi) is 4.96. The van der Waals surface area contributed by atoms with Crippen LogP contribution in [0.4, 0.5) is 5.69 Å². The Bertz CT molecular complexity index is 543. The molecule has 1 atom stereocenters. The van der Waals surface area contributed by atoms with E-state index in [1.807, 2.05) is 24.4 Å². The van der Waals surface area contributed by atoms with Gasteiger partial charge in [-0.3, -0.25) is 4.98 Å². The second kappa shape index (κ2) is 6.91. The van der Waals surface area contributed by atoms with Crippen LogP contribution in [0.1, 0.15) is 18.1 Å². The van der Waals surface area contributed by atoms with Crippen LogP contribution in [0.2, 0.25) is 0 Å². The average Bonchev–Trinajstić information content (AvgIpc) is 2.46. The van der Waals surface area contributed by atoms with Gasteiger partial charge in [-0.05, 0) is 42.7 Å². The van der Waals surface area contributed by atoms with Gasteiger partial charge in [0.05, 0.1) is 12.8 Å². The maximum Gasteiger partial charge on any atom is 0.141 e. The van der Waals surface area contributed by atoms with Gasteiger partial charge >= 0.3 is 0 Å². The summed E-state index contributed by atoms with van der Waals surface area (Å²) in [5.41, 5.74) is 9.00. The van der Waals surface area contributed by atoms with Crippen molar-refractivity contribution >= 4 is 5.69 Å². The van der Waals surface area contributed by atoms with Crippen LogP contribution >= 0.6 is 0 Å². The number of benzene rings is 1. The number of methoxy groups -OCH3 is 1. The van der Waals surface area contributed by atoms with Crippen molar-refractivity contribution in [3.8, 4) is 5.75 Å². The molecule has 2 aromatic rings. The van der Waals surface area contributed by atoms with E-state index in [1.54, 1.807) is 13.3 Å². The van der Waals surface area contributed by atoms with Gasteiger partial charge in [0, 0.05) is 25.0 Å². The number of nitrogens with zero attached hydrogens (tertiary/aromatic N) is 1. The lowest BCUT2D eigenvalue weighted by Crippen LogP contribution is -2.27. The molecule has 20 heavy (non-hydrogen) atoms. The van der Waals surface area contributed by atoms with E-state index in [1.165, 1.54) is 11.1 Å². The highest BCUT2D eigenvalue weighted by Gasteiger charge is 2.06. The van der Waals surface area contributed by atoms with E-state index in [2.05, 4.69) is 29.4 Å². The fourth-order valence-electron chi connectivity index (χ4n) is 2.13. The van der Waals surface area contributed by atoms with Crippen molar-refractivity contribution in [3.05, 3.63) is 53.9 Å². The van der Waals surface area contributed by atoms with Crippen LogP contribution in [0.15, 0.2) is 42.7 Å². The first-order chi connectivity index (χ1) is 9.69. The Hall–Kier alpha value is -2.07. The van der Waals surface area contributed by atoms with Gasteiger partial charge in [-0.1, -0.05) is 12.1 Å². The summed E-state index contributed by atoms with van der Waals surface area (Å²) in [6.07, 6.45) is 4.59. The summed E-state index contributed by atoms with van der Waals surface area (Å²) in [7, 11) is 1.63. The monoisotopic (exact) mass is 271 g/mol. The molecular formula is C16H21N3O. The van der Waals surface area contributed by atoms with Crippen LogP contribution in [0.3, 0.4) is 0 Å². The normalized spacial score (nSPS) is 12.1. The maximum atomic E-state index is 5.92. The zero-order valence-corrected chi connectivity index (χ0v) is 12.0. The summed E-state index contributed by atoms with van der Waals surface area (Å²) < 4.78 is 5.16. The van der Waals surface area contributed by atoms with Gasteiger partial charge in [0.25, 0.3) is 0 Å². The largest absolute Gasteiger partial charge is 0.495 e. The minimum absolute atomic E-state index is 0.364. The molecule has 2 rings (SSSR count). The molecule has 1 aromatic heterocycles. The van der Waals surface area contributed by atoms with E-state index in [9.17, 15) is 0 Å². The van der Waals surface area contributed by atoms with Crippen LogP contribution in [-0.4, -0.2) is 18.1 Å². The molecule has 1 aromatic carbocycles. The molecule has 0 bridgehead atoms. The first-order valence-corrected chi connectivity index (χ1v) is 6.73. The summed E-state index contributed by atoms with van der Waals surface area (Å²) in [6.45, 7) is 2.98. The number of anilines is 1. The molecule has 1 unspecified atom stereocenters. The molecule has 0 aliphatic heterocycles. The molecular weight excluding hydrogens is 250 g/mol. The molecule has 4 nitrogen and oxygen atoms in total. The van der Waals surface area contributed by atoms with Gasteiger partial charge in [-0.25, -0.2) is 0 Å². The van der Waals surface area contributed by atoms with Crippen molar-refractivity contribution < 1.29 is 4.74 Å². The third kappa shape index (κ3) is 3.96. The number of rotatable bonds is 6. The van der Waals surface area contributed by atoms with Crippen LogP contribution < -0.4 is 15.8 Å². The minimum atomic E-state index is 0.364. The third-order valence-electron chi connectivity index (χ3n) is 3.21. The zero-order valence-electron chi connectivity index (χ0n) is 12.0. The van der Waals surface area contributed by atoms with E-state index in [4.69, 9.17) is 10.5 Å². The van der Waals surface area contributed by atoms with Gasteiger partial charge in [-0.15, -0.1) is 0 Å². The Balaban J connectivity index is 1.88. The van der Waals surface area contributed by atoms with Gasteiger partial charge in [0.1, 0.15) is 5.75 Å². The number of nitrogen functional groups attached to an aromatic ring is 1. The van der Waals surface area contributed by atoms with E-state index in [0.29, 0.717) is 11.7 Å². The van der Waals surface area contributed by atoms with Crippen molar-refractivity contribution in [2.24, 2.45) is 0 Å². The Morgan fingerprint density at radius 1 is 1.30 bits per heavy atom. The summed E-state index contributed by atoms with van der Waals surface area (Å²) in [4.78, 5) is 4.11. The Morgan fingerprint density at radius 3 is 2.80 bits per heavy atom. The second-order valence-electron chi connectivity index (χ2n) is 4.92. The van der Waals surface area contributed by atoms with Crippen LogP contribution in [0.25, 0.3) is 0 Å². The molecule has 0 aliphatic rings. The summed E-state index contributed by atoms with van der Waals surface area (Å²) in [5, 5.41) is 3.48. The van der Waals surface area contributed by atoms with Gasteiger partial charge in [-0.2, -0.15) is 0 Å². The van der Waals surface area contributed by atoms with Crippen molar-refractivity contribution in [2.75, 3.05) is 12.8 Å². The fourth-order valence-corrected chi connectivity index (χ4v) is 2.13. The van der Waals surface area contributed by atoms with E-state index < -0.39 is 0 Å². The lowest BCUT2D eigenvalue weighted by Gasteiger charge is -2.15. The molecule has 0 aliphatic carbocycles. The summed E-state index contributed by atoms with van der Waals surface area (Å²) >= 11 is 0. The SMILES string of the molecule is COc1ccc(CC(C)NCc2cccnc2)cc1N. The van der Waals surface area contributed by atoms with Gasteiger partial charge in [0.15, 0.2) is 0 Å². The van der Waals surface area contributed by atoms with E-state index >= 15 is 0 Å². The molecule has 0 saturated heterocycles. The minimum Gasteiger partial charge on any atom is -0.495 e. The highest BCUT2D eigenvalue weighted by Crippen LogP contribution is 2.22. The van der Waals surface area contributed by atoms with Crippen LogP contribution in [0.5, 0.6) is 5.75 Å². The number of hydrogen-bond donors (Lipinski definition) is 2. The Morgan fingerprint density at radius 2 is 2.15 bits per heavy atom. The van der Waals surface area contributed by atoms with Crippen molar-refractivity contribution in [1.29, 1.82) is 0 Å². The van der Waals surface area contributed by atoms with Gasteiger partial charge in [0.2, 0.25) is 0 Å². The highest BCUT2D eigenvalue weighted by molar-refractivity contribution is 5.54. The Labute approximate surface area is 120 Å². The molecule has 3 N–H and O–H groups in total. The zero-order chi connectivity index (χ0) is 14.4. The lowest BCUT2D eigenvalue weighted by atomic mass is 10.1. The molecule has 0 amide bonds. The number of hydrogen-bond acceptors (Lipinski definition) is 4. The number of ether oxygens (including phenoxy) is 1. The third-order valence-corrected chi connectivity index (χ3v) is 3.21. The topological polar surface area (TPSA) is 60.2 Å². The number of pyridine rings is 1. The van der Waals surface area contributed by atoms with Crippen LogP contribution in [0, 0.1) is 0 Å². The number of nitrogens with one attached hydrogen (secondary N) is 1. The summed E-state index contributed by atoms with van der Waals surface area (Å²) in [6, 6.07) is 10.3. The maximum absolute atomic E-state index is 5.92. The van der Waals surface area contributed by atoms with Crippen molar-refractivity contribution in [1.82, 2.24) is 10.3 Å². The van der Waals surface area contributed by atoms with Gasteiger partial charge < -0.3 is 15.8 Å². The predicted molar refractivity (Wildman–Crippen MR) is 81.6 cm³/mol. The highest BCUT2D eigenvalue weighted by atomic mass is 16.5. The first kappa shape index (κ1) is 14.3. The number of nitrogens with two attached hydrogens (primary N) is 1. The van der Waals surface area contributed by atoms with Crippen LogP contribution in [-0.2, 0) is 13.0 Å². The average molecular weight is 271 g/mol. The first-order valence-electron chi connectivity index (χ1n) is 6.73. The molecule has 4 heteroatoms.